The number of hydrogen-bond acceptors (Lipinski definition) is 2. The molecule has 0 aliphatic carbocycles. The highest BCUT2D eigenvalue weighted by Gasteiger charge is 3.08. The van der Waals surface area contributed by atoms with E-state index in [1.807, 2.05) is 24.3 Å². The van der Waals surface area contributed by atoms with Gasteiger partial charge in [0.25, 0.3) is 0 Å². The Bertz CT molecular complexity index is 1480. The van der Waals surface area contributed by atoms with Crippen LogP contribution in [0.5, 0.6) is 0 Å². The summed E-state index contributed by atoms with van der Waals surface area (Å²) in [5.74, 6) is 3.67. The van der Waals surface area contributed by atoms with E-state index in [1.54, 1.807) is 0 Å². The second-order valence-corrected chi connectivity index (χ2v) is 23.1. The molecule has 0 bridgehead atoms. The van der Waals surface area contributed by atoms with Gasteiger partial charge in [0.2, 0.25) is 0 Å². The van der Waals surface area contributed by atoms with Gasteiger partial charge in [-0.1, -0.05) is 102 Å². The van der Waals surface area contributed by atoms with Crippen LogP contribution in [0.3, 0.4) is 0 Å². The van der Waals surface area contributed by atoms with Gasteiger partial charge in [-0.2, -0.15) is 10.5 Å². The molecule has 4 aliphatic heterocycles. The first kappa shape index (κ1) is 26.5. The zero-order chi connectivity index (χ0) is 27.7. The first-order valence-corrected chi connectivity index (χ1v) is 17.8. The van der Waals surface area contributed by atoms with Gasteiger partial charge >= 0.3 is 0 Å². The maximum absolute atomic E-state index is 9.54. The van der Waals surface area contributed by atoms with Crippen molar-refractivity contribution in [3.8, 4) is 23.7 Å². The van der Waals surface area contributed by atoms with Crippen LogP contribution in [0.15, 0.2) is 48.5 Å². The largest absolute Gasteiger partial charge is 0.192 e. The lowest BCUT2D eigenvalue weighted by molar-refractivity contribution is 0.350. The monoisotopic (exact) mass is 554 g/mol. The zero-order valence-corrected chi connectivity index (χ0v) is 26.7. The van der Waals surface area contributed by atoms with Gasteiger partial charge in [-0.25, -0.2) is 0 Å². The summed E-state index contributed by atoms with van der Waals surface area (Å²) < 4.78 is 0. The van der Waals surface area contributed by atoms with E-state index >= 15 is 0 Å². The maximum Gasteiger partial charge on any atom is 0.0991 e. The summed E-state index contributed by atoms with van der Waals surface area (Å²) in [7, 11) is -0.988. The molecule has 4 saturated heterocycles. The predicted octanol–water partition coefficient (Wildman–Crippen LogP) is 9.36. The summed E-state index contributed by atoms with van der Waals surface area (Å²) in [5.41, 5.74) is 9.37. The van der Waals surface area contributed by atoms with E-state index in [0.29, 0.717) is 10.5 Å². The van der Waals surface area contributed by atoms with Gasteiger partial charge in [0, 0.05) is 31.6 Å². The normalized spacial score (nSPS) is 37.9. The lowest BCUT2D eigenvalue weighted by Crippen LogP contribution is -2.39. The summed E-state index contributed by atoms with van der Waals surface area (Å²) in [6.07, 6.45) is 0. The Morgan fingerprint density at radius 3 is 1.66 bits per heavy atom. The highest BCUT2D eigenvalue weighted by molar-refractivity contribution is 8.09. The summed E-state index contributed by atoms with van der Waals surface area (Å²) in [6, 6.07) is 21.2. The van der Waals surface area contributed by atoms with Crippen LogP contribution in [-0.4, -0.2) is 20.9 Å². The average Bonchev–Trinajstić information content (AvgIpc) is 3.65. The molecule has 0 aromatic heterocycles. The molecular formula is C33H37N2P3. The van der Waals surface area contributed by atoms with Crippen molar-refractivity contribution in [3.05, 3.63) is 70.8 Å². The van der Waals surface area contributed by atoms with E-state index in [2.05, 4.69) is 110 Å². The first-order chi connectivity index (χ1) is 17.7. The van der Waals surface area contributed by atoms with Crippen molar-refractivity contribution in [2.75, 3.05) is 0 Å². The summed E-state index contributed by atoms with van der Waals surface area (Å²) in [6.45, 7) is 22.5. The lowest BCUT2D eigenvalue weighted by atomic mass is 9.76. The third-order valence-electron chi connectivity index (χ3n) is 9.47. The molecule has 4 aliphatic rings. The molecule has 194 valence electrons. The highest BCUT2D eigenvalue weighted by Crippen LogP contribution is 3.28. The molecule has 4 fully saturated rings. The minimum Gasteiger partial charge on any atom is -0.192 e. The van der Waals surface area contributed by atoms with E-state index in [1.165, 1.54) is 5.56 Å². The number of nitriles is 2. The van der Waals surface area contributed by atoms with Crippen molar-refractivity contribution in [1.82, 2.24) is 0 Å². The minimum absolute atomic E-state index is 0.133. The molecule has 6 rings (SSSR count). The number of hydrogen-bond donors (Lipinski definition) is 0. The van der Waals surface area contributed by atoms with Crippen LogP contribution < -0.4 is 0 Å². The van der Waals surface area contributed by atoms with Gasteiger partial charge < -0.3 is 0 Å². The molecule has 4 heterocycles. The number of rotatable bonds is 1. The molecule has 8 atom stereocenters. The second-order valence-electron chi connectivity index (χ2n) is 14.5. The molecule has 0 amide bonds. The van der Waals surface area contributed by atoms with Crippen molar-refractivity contribution < 1.29 is 0 Å². The Kier molecular flexibility index (Phi) is 5.38. The lowest BCUT2D eigenvalue weighted by Gasteiger charge is -2.51. The SMILES string of the molecule is CC(C)(C)C1P2C3C4(c5ccc(C#N)cc5)P1C4(C(C)(C)C)P(C#Cc1ccc(C#N)cc1)C32C(C)(C)C. The summed E-state index contributed by atoms with van der Waals surface area (Å²) in [4.78, 5) is 0.513. The highest BCUT2D eigenvalue weighted by atomic mass is 31.2. The smallest absolute Gasteiger partial charge is 0.0991 e. The van der Waals surface area contributed by atoms with Gasteiger partial charge in [0.05, 0.1) is 23.3 Å². The van der Waals surface area contributed by atoms with Crippen molar-refractivity contribution >= 4 is 23.8 Å². The standard InChI is InChI=1S/C33H37N2P3/c1-28(2,3)27-37-26-31(25-16-14-24(21-35)15-17-25)33(38(27)31,30(7,8)9)36(32(26,37)29(4,5)6)19-18-22-10-12-23(20-34)13-11-22/h10-17,26-27H,1-9H3. The van der Waals surface area contributed by atoms with E-state index in [-0.39, 0.29) is 42.1 Å². The number of benzene rings is 2. The van der Waals surface area contributed by atoms with E-state index in [4.69, 9.17) is 0 Å². The Labute approximate surface area is 232 Å². The fraction of sp³-hybridized carbons (Fsp3) is 0.515. The summed E-state index contributed by atoms with van der Waals surface area (Å²) >= 11 is 0. The molecule has 0 radical (unpaired) electrons. The van der Waals surface area contributed by atoms with Gasteiger partial charge in [0.1, 0.15) is 0 Å². The third kappa shape index (κ3) is 2.81. The van der Waals surface area contributed by atoms with Crippen LogP contribution in [0.25, 0.3) is 0 Å². The molecule has 8 unspecified atom stereocenters. The molecule has 2 aromatic carbocycles. The first-order valence-electron chi connectivity index (χ1n) is 13.6. The van der Waals surface area contributed by atoms with Crippen LogP contribution in [0, 0.1) is 50.5 Å². The van der Waals surface area contributed by atoms with Gasteiger partial charge in [-0.3, -0.25) is 0 Å². The molecule has 2 nitrogen and oxygen atoms in total. The van der Waals surface area contributed by atoms with Crippen molar-refractivity contribution in [2.45, 2.75) is 88.3 Å². The Morgan fingerprint density at radius 1 is 0.711 bits per heavy atom. The fourth-order valence-electron chi connectivity index (χ4n) is 8.50. The number of nitrogens with zero attached hydrogens (tertiary/aromatic N) is 2. The van der Waals surface area contributed by atoms with Crippen molar-refractivity contribution in [3.63, 3.8) is 0 Å². The van der Waals surface area contributed by atoms with Crippen LogP contribution in [0.4, 0.5) is 0 Å². The fourth-order valence-corrected chi connectivity index (χ4v) is 31.5. The molecule has 0 saturated carbocycles. The van der Waals surface area contributed by atoms with Gasteiger partial charge in [-0.05, 0) is 66.1 Å². The van der Waals surface area contributed by atoms with Gasteiger partial charge in [0.15, 0.2) is 0 Å². The molecule has 5 heteroatoms. The van der Waals surface area contributed by atoms with E-state index < -0.39 is 7.92 Å². The van der Waals surface area contributed by atoms with Crippen LogP contribution in [0.2, 0.25) is 0 Å². The Morgan fingerprint density at radius 2 is 1.21 bits per heavy atom. The Balaban J connectivity index is 1.62. The quantitative estimate of drug-likeness (QED) is 0.260. The van der Waals surface area contributed by atoms with E-state index in [9.17, 15) is 10.5 Å². The van der Waals surface area contributed by atoms with Crippen molar-refractivity contribution in [1.29, 1.82) is 10.5 Å². The predicted molar refractivity (Wildman–Crippen MR) is 163 cm³/mol. The zero-order valence-electron chi connectivity index (χ0n) is 24.0. The molecule has 0 spiro atoms. The topological polar surface area (TPSA) is 47.6 Å². The molecule has 0 N–H and O–H groups in total. The molecular weight excluding hydrogens is 517 g/mol. The number of fused-ring (bicyclic) bond motifs is 2. The minimum atomic E-state index is -0.579. The van der Waals surface area contributed by atoms with Crippen molar-refractivity contribution in [2.24, 2.45) is 16.2 Å². The molecule has 2 aromatic rings. The van der Waals surface area contributed by atoms with Crippen LogP contribution in [0.1, 0.15) is 84.6 Å². The average molecular weight is 555 g/mol. The van der Waals surface area contributed by atoms with Gasteiger partial charge in [-0.15, -0.1) is 0 Å². The van der Waals surface area contributed by atoms with E-state index in [0.717, 1.165) is 22.2 Å². The summed E-state index contributed by atoms with van der Waals surface area (Å²) in [5, 5.41) is 19.8. The Hall–Kier alpha value is -1.73. The molecule has 38 heavy (non-hydrogen) atoms. The maximum atomic E-state index is 9.54. The second kappa shape index (κ2) is 7.72. The van der Waals surface area contributed by atoms with Crippen LogP contribution >= 0.6 is 23.8 Å². The van der Waals surface area contributed by atoms with Crippen LogP contribution in [-0.2, 0) is 5.16 Å². The third-order valence-corrected chi connectivity index (χ3v) is 26.1.